The molecule has 1 aliphatic rings. The number of hydrogen-bond acceptors (Lipinski definition) is 3. The molecule has 1 saturated heterocycles. The summed E-state index contributed by atoms with van der Waals surface area (Å²) in [6.07, 6.45) is 0. The summed E-state index contributed by atoms with van der Waals surface area (Å²) in [6, 6.07) is 3.71. The maximum absolute atomic E-state index is 13.3. The van der Waals surface area contributed by atoms with Crippen LogP contribution in [0.5, 0.6) is 5.75 Å². The minimum absolute atomic E-state index is 0.145. The number of alkyl halides is 2. The Morgan fingerprint density at radius 3 is 2.53 bits per heavy atom. The quantitative estimate of drug-likeness (QED) is 0.880. The van der Waals surface area contributed by atoms with Crippen molar-refractivity contribution in [3.05, 3.63) is 24.0 Å². The highest BCUT2D eigenvalue weighted by atomic mass is 19.3. The Morgan fingerprint density at radius 1 is 1.18 bits per heavy atom. The molecule has 0 aromatic heterocycles. The third-order valence-corrected chi connectivity index (χ3v) is 2.56. The van der Waals surface area contributed by atoms with Crippen LogP contribution in [0, 0.1) is 5.82 Å². The molecule has 1 fully saturated rings. The molecule has 0 amide bonds. The molecule has 1 heterocycles. The minimum atomic E-state index is -2.94. The van der Waals surface area contributed by atoms with Gasteiger partial charge in [-0.05, 0) is 6.07 Å². The van der Waals surface area contributed by atoms with E-state index in [9.17, 15) is 13.2 Å². The van der Waals surface area contributed by atoms with Gasteiger partial charge in [0.1, 0.15) is 11.6 Å². The number of nitrogens with zero attached hydrogens (tertiary/aromatic N) is 1. The van der Waals surface area contributed by atoms with E-state index >= 15 is 0 Å². The first-order chi connectivity index (χ1) is 8.15. The van der Waals surface area contributed by atoms with Crippen LogP contribution in [0.25, 0.3) is 0 Å². The number of rotatable bonds is 3. The maximum Gasteiger partial charge on any atom is 0.387 e. The van der Waals surface area contributed by atoms with Crippen LogP contribution in [-0.2, 0) is 0 Å². The number of hydrogen-bond donors (Lipinski definition) is 1. The second-order valence-corrected chi connectivity index (χ2v) is 3.76. The van der Waals surface area contributed by atoms with Crippen LogP contribution in [0.1, 0.15) is 0 Å². The number of ether oxygens (including phenoxy) is 1. The minimum Gasteiger partial charge on any atom is -0.435 e. The third-order valence-electron chi connectivity index (χ3n) is 2.56. The number of nitrogens with one attached hydrogen (secondary N) is 1. The zero-order valence-corrected chi connectivity index (χ0v) is 9.13. The van der Waals surface area contributed by atoms with Gasteiger partial charge in [-0.2, -0.15) is 8.78 Å². The van der Waals surface area contributed by atoms with Crippen LogP contribution in [0.3, 0.4) is 0 Å². The van der Waals surface area contributed by atoms with Crippen molar-refractivity contribution in [2.24, 2.45) is 0 Å². The van der Waals surface area contributed by atoms with Crippen molar-refractivity contribution in [3.63, 3.8) is 0 Å². The molecule has 1 aromatic rings. The second-order valence-electron chi connectivity index (χ2n) is 3.76. The summed E-state index contributed by atoms with van der Waals surface area (Å²) in [4.78, 5) is 1.93. The topological polar surface area (TPSA) is 24.5 Å². The number of benzene rings is 1. The molecule has 0 atom stereocenters. The van der Waals surface area contributed by atoms with Crippen LogP contribution in [0.2, 0.25) is 0 Å². The predicted octanol–water partition coefficient (Wildman–Crippen LogP) is 1.84. The molecule has 1 aromatic carbocycles. The molecule has 0 spiro atoms. The molecular formula is C11H13F3N2O. The molecule has 6 heteroatoms. The zero-order chi connectivity index (χ0) is 12.3. The van der Waals surface area contributed by atoms with Gasteiger partial charge in [0.15, 0.2) is 0 Å². The SMILES string of the molecule is Fc1cc(OC(F)F)cc(N2CCNCC2)c1. The first kappa shape index (κ1) is 12.0. The second kappa shape index (κ2) is 5.27. The van der Waals surface area contributed by atoms with E-state index in [0.717, 1.165) is 32.2 Å². The average Bonchev–Trinajstić information content (AvgIpc) is 2.28. The van der Waals surface area contributed by atoms with Crippen LogP contribution < -0.4 is 15.0 Å². The molecule has 94 valence electrons. The van der Waals surface area contributed by atoms with E-state index in [4.69, 9.17) is 0 Å². The fourth-order valence-electron chi connectivity index (χ4n) is 1.82. The third kappa shape index (κ3) is 3.26. The van der Waals surface area contributed by atoms with E-state index in [0.29, 0.717) is 5.69 Å². The van der Waals surface area contributed by atoms with Crippen molar-refractivity contribution in [1.82, 2.24) is 5.32 Å². The molecule has 0 saturated carbocycles. The molecule has 17 heavy (non-hydrogen) atoms. The van der Waals surface area contributed by atoms with Gasteiger partial charge in [0.05, 0.1) is 0 Å². The van der Waals surface area contributed by atoms with Crippen LogP contribution in [0.15, 0.2) is 18.2 Å². The van der Waals surface area contributed by atoms with Gasteiger partial charge in [0.25, 0.3) is 0 Å². The highest BCUT2D eigenvalue weighted by Gasteiger charge is 2.14. The molecule has 0 radical (unpaired) electrons. The first-order valence-corrected chi connectivity index (χ1v) is 5.36. The van der Waals surface area contributed by atoms with Gasteiger partial charge >= 0.3 is 6.61 Å². The van der Waals surface area contributed by atoms with E-state index in [1.165, 1.54) is 12.1 Å². The Labute approximate surface area is 97.2 Å². The van der Waals surface area contributed by atoms with E-state index in [2.05, 4.69) is 10.1 Å². The molecule has 2 rings (SSSR count). The largest absolute Gasteiger partial charge is 0.435 e. The van der Waals surface area contributed by atoms with Crippen molar-refractivity contribution < 1.29 is 17.9 Å². The van der Waals surface area contributed by atoms with Gasteiger partial charge in [-0.3, -0.25) is 0 Å². The molecule has 1 aliphatic heterocycles. The van der Waals surface area contributed by atoms with Gasteiger partial charge < -0.3 is 15.0 Å². The molecule has 1 N–H and O–H groups in total. The summed E-state index contributed by atoms with van der Waals surface area (Å²) < 4.78 is 41.6. The molecular weight excluding hydrogens is 233 g/mol. The maximum atomic E-state index is 13.3. The Morgan fingerprint density at radius 2 is 1.88 bits per heavy atom. The van der Waals surface area contributed by atoms with E-state index in [1.807, 2.05) is 4.90 Å². The lowest BCUT2D eigenvalue weighted by Gasteiger charge is -2.29. The number of anilines is 1. The Hall–Kier alpha value is -1.43. The monoisotopic (exact) mass is 246 g/mol. The zero-order valence-electron chi connectivity index (χ0n) is 9.13. The summed E-state index contributed by atoms with van der Waals surface area (Å²) in [7, 11) is 0. The lowest BCUT2D eigenvalue weighted by atomic mass is 10.2. The van der Waals surface area contributed by atoms with Crippen molar-refractivity contribution in [2.45, 2.75) is 6.61 Å². The molecule has 0 aliphatic carbocycles. The molecule has 3 nitrogen and oxygen atoms in total. The smallest absolute Gasteiger partial charge is 0.387 e. The first-order valence-electron chi connectivity index (χ1n) is 5.36. The lowest BCUT2D eigenvalue weighted by Crippen LogP contribution is -2.43. The summed E-state index contributed by atoms with van der Waals surface area (Å²) in [5.41, 5.74) is 0.571. The number of piperazine rings is 1. The Balaban J connectivity index is 2.18. The fourth-order valence-corrected chi connectivity index (χ4v) is 1.82. The Kier molecular flexibility index (Phi) is 3.73. The summed E-state index contributed by atoms with van der Waals surface area (Å²) >= 11 is 0. The van der Waals surface area contributed by atoms with Crippen molar-refractivity contribution in [2.75, 3.05) is 31.1 Å². The standard InChI is InChI=1S/C11H13F3N2O/c12-8-5-9(16-3-1-15-2-4-16)7-10(6-8)17-11(13)14/h5-7,11,15H,1-4H2. The highest BCUT2D eigenvalue weighted by molar-refractivity contribution is 5.51. The fraction of sp³-hybridized carbons (Fsp3) is 0.455. The van der Waals surface area contributed by atoms with Crippen LogP contribution >= 0.6 is 0 Å². The van der Waals surface area contributed by atoms with Gasteiger partial charge in [-0.15, -0.1) is 0 Å². The lowest BCUT2D eigenvalue weighted by molar-refractivity contribution is -0.0499. The highest BCUT2D eigenvalue weighted by Crippen LogP contribution is 2.25. The summed E-state index contributed by atoms with van der Waals surface area (Å²) in [5.74, 6) is -0.717. The number of halogens is 3. The molecule has 0 bridgehead atoms. The van der Waals surface area contributed by atoms with Crippen LogP contribution in [0.4, 0.5) is 18.9 Å². The van der Waals surface area contributed by atoms with Crippen molar-refractivity contribution >= 4 is 5.69 Å². The normalized spacial score (nSPS) is 16.4. The van der Waals surface area contributed by atoms with Gasteiger partial charge in [-0.1, -0.05) is 0 Å². The average molecular weight is 246 g/mol. The van der Waals surface area contributed by atoms with E-state index < -0.39 is 12.4 Å². The van der Waals surface area contributed by atoms with E-state index in [1.54, 1.807) is 0 Å². The molecule has 0 unspecified atom stereocenters. The van der Waals surface area contributed by atoms with E-state index in [-0.39, 0.29) is 5.75 Å². The summed E-state index contributed by atoms with van der Waals surface area (Å²) in [6.45, 7) is 0.0887. The Bertz CT molecular complexity index is 381. The summed E-state index contributed by atoms with van der Waals surface area (Å²) in [5, 5.41) is 3.16. The van der Waals surface area contributed by atoms with Gasteiger partial charge in [0.2, 0.25) is 0 Å². The van der Waals surface area contributed by atoms with Crippen LogP contribution in [-0.4, -0.2) is 32.8 Å². The van der Waals surface area contributed by atoms with Gasteiger partial charge in [-0.25, -0.2) is 4.39 Å². The van der Waals surface area contributed by atoms with Gasteiger partial charge in [0, 0.05) is 44.0 Å². The predicted molar refractivity (Wildman–Crippen MR) is 58.1 cm³/mol. The van der Waals surface area contributed by atoms with Crippen molar-refractivity contribution in [1.29, 1.82) is 0 Å². The van der Waals surface area contributed by atoms with Crippen molar-refractivity contribution in [3.8, 4) is 5.75 Å².